The Kier molecular flexibility index (Phi) is 32.6. The number of pyridine rings is 4. The Balaban J connectivity index is 0.000000142. The van der Waals surface area contributed by atoms with Crippen molar-refractivity contribution in [2.75, 3.05) is 134 Å². The third-order valence-corrected chi connectivity index (χ3v) is 31.0. The maximum absolute atomic E-state index is 13.6. The highest BCUT2D eigenvalue weighted by Crippen LogP contribution is 2.42. The third-order valence-electron chi connectivity index (χ3n) is 25.4. The average Bonchev–Trinajstić information content (AvgIpc) is 1.54. The molecule has 8 aliphatic rings. The maximum Gasteiger partial charge on any atom is 0.230 e. The molecule has 4 saturated carbocycles. The van der Waals surface area contributed by atoms with E-state index in [-0.39, 0.29) is 89.5 Å². The standard InChI is InChI=1S/C26H28N7O2S.C22H29N7O2S.C22H26N6O2S.C21H27N7O2S.4ClH/c34-36(35,22-8-2-1-3-9-22)24-16-19-17-29-26(31-25(19)33(24)20-6-4-5-7-20)30-23-11-10-21(18-28-23)32-14-12-27-13-15-32;1-2-32(30,31)20-13-16-14-25-22(27-21(16)29(20)17-5-3-4-6-17)26-19-8-7-18(15-24-19)28-11-9-23-10-12-28;1-31(29,30)20-12-17-14-25-22(27-21(17)28(20)18-4-2-3-5-18)26-19-7-6-16(13-24-19)15-8-10-23-11-9-15;1-31(29,30)19-12-15-13-24-21(26-20(15)28(19)16-4-2-3-5-16)25-18-7-6-17(14-23-18)27-10-8-22-9-11-27;;;;/h1-3,8-11,14,16-18,20,27H,4-7,12-13,15H2,(H,28,29,30,31);7-8,13-15,17,23H,2-6,9-12H2,1H3,(H,24,25,26,27);6-8,12-14,18,23H,2-5,9-11H2,1H3,(H,24,25,26,27);6-7,12-14,16,22H,2-5,8-11H2,1H3,(H,23,24,25,26);4*1H/q+1;;;;;;;. The molecule has 0 atom stereocenters. The first kappa shape index (κ1) is 99.3. The van der Waals surface area contributed by atoms with Crippen molar-refractivity contribution in [2.45, 2.75) is 165 Å². The van der Waals surface area contributed by atoms with Gasteiger partial charge >= 0.3 is 0 Å². The van der Waals surface area contributed by atoms with Crippen molar-refractivity contribution >= 4 is 209 Å². The minimum absolute atomic E-state index is 0. The van der Waals surface area contributed by atoms with Gasteiger partial charge in [-0.1, -0.05) is 82.6 Å². The lowest BCUT2D eigenvalue weighted by Crippen LogP contribution is -2.43. The van der Waals surface area contributed by atoms with Gasteiger partial charge in [0.2, 0.25) is 39.3 Å². The lowest BCUT2D eigenvalue weighted by atomic mass is 10.0. The molecule has 1 aromatic carbocycles. The SMILES string of the molecule is CCS(=O)(=O)c1cc2cnc(Nc3ccc(N4CCNCC4)cn3)nc2n1C1CCCC1.CS(=O)(=O)c1cc2cnc(Nc3ccc(C4=CCNCC4)cn3)nc2n1C1CCCC1.CS(=O)(=O)c1cc2cnc(Nc3ccc(N4CCNCC4)cn3)nc2n1C1CCCC1.Cl.Cl.Cl.Cl.O=S(=O)(c1ccccc1)c1cc2cnc(Nc3ccc([N+]4=CCNCC4)cn3)nc2n1C1CCCC1. The fourth-order valence-electron chi connectivity index (χ4n) is 18.7. The predicted molar refractivity (Wildman–Crippen MR) is 534 cm³/mol. The van der Waals surface area contributed by atoms with E-state index < -0.39 is 39.3 Å². The average molecular weight is 1980 g/mol. The van der Waals surface area contributed by atoms with Gasteiger partial charge in [-0.2, -0.15) is 24.5 Å². The van der Waals surface area contributed by atoms with Crippen molar-refractivity contribution in [3.63, 3.8) is 0 Å². The summed E-state index contributed by atoms with van der Waals surface area (Å²) >= 11 is 0. The molecular weight excluding hydrogens is 1870 g/mol. The van der Waals surface area contributed by atoms with Crippen molar-refractivity contribution in [3.05, 3.63) is 164 Å². The van der Waals surface area contributed by atoms with E-state index >= 15 is 0 Å². The van der Waals surface area contributed by atoms with Gasteiger partial charge in [0, 0.05) is 154 Å². The van der Waals surface area contributed by atoms with E-state index in [2.05, 4.69) is 119 Å². The Labute approximate surface area is 804 Å². The van der Waals surface area contributed by atoms with Crippen LogP contribution in [0, 0.1) is 0 Å². The number of nitrogens with zero attached hydrogens (tertiary/aromatic N) is 19. The van der Waals surface area contributed by atoms with Crippen LogP contribution >= 0.6 is 49.6 Å². The van der Waals surface area contributed by atoms with Crippen LogP contribution in [0.15, 0.2) is 184 Å². The normalized spacial score (nSPS) is 17.1. The Morgan fingerprint density at radius 3 is 1.11 bits per heavy atom. The zero-order valence-corrected chi connectivity index (χ0v) is 81.4. The quantitative estimate of drug-likeness (QED) is 0.0292. The van der Waals surface area contributed by atoms with Gasteiger partial charge in [0.1, 0.15) is 72.2 Å². The zero-order chi connectivity index (χ0) is 89.5. The Hall–Kier alpha value is -10.7. The van der Waals surface area contributed by atoms with Crippen LogP contribution in [0.3, 0.4) is 0 Å². The summed E-state index contributed by atoms with van der Waals surface area (Å²) in [6.07, 6.45) is 38.4. The Morgan fingerprint density at radius 2 is 0.761 bits per heavy atom. The number of piperazine rings is 2. The first-order valence-corrected chi connectivity index (χ1v) is 52.0. The first-order chi connectivity index (χ1) is 63.1. The van der Waals surface area contributed by atoms with Crippen molar-refractivity contribution in [1.29, 1.82) is 0 Å². The summed E-state index contributed by atoms with van der Waals surface area (Å²) in [5.41, 5.74) is 8.25. The van der Waals surface area contributed by atoms with Crippen LogP contribution in [0.2, 0.25) is 0 Å². The molecule has 35 nitrogen and oxygen atoms in total. The highest BCUT2D eigenvalue weighted by atomic mass is 35.5. The Morgan fingerprint density at radius 1 is 0.388 bits per heavy atom. The number of hydrogen-bond donors (Lipinski definition) is 8. The molecule has 2 saturated heterocycles. The second-order valence-electron chi connectivity index (χ2n) is 34.2. The minimum Gasteiger partial charge on any atom is -0.368 e. The molecule has 0 spiro atoms. The molecule has 21 rings (SSSR count). The molecule has 13 aromatic rings. The molecule has 16 heterocycles. The number of halogens is 4. The fraction of sp³-hybridized carbons (Fsp3) is 0.418. The van der Waals surface area contributed by atoms with Gasteiger partial charge in [-0.15, -0.1) is 49.6 Å². The number of anilines is 10. The summed E-state index contributed by atoms with van der Waals surface area (Å²) in [7, 11) is -13.8. The smallest absolute Gasteiger partial charge is 0.230 e. The molecule has 0 radical (unpaired) electrons. The number of hydrogen-bond acceptors (Lipinski definition) is 30. The van der Waals surface area contributed by atoms with Gasteiger partial charge < -0.3 is 70.6 Å². The summed E-state index contributed by atoms with van der Waals surface area (Å²) in [6, 6.07) is 31.8. The second kappa shape index (κ2) is 44.0. The second-order valence-corrected chi connectivity index (χ2v) is 42.2. The molecule has 0 unspecified atom stereocenters. The molecule has 8 N–H and O–H groups in total. The molecule has 43 heteroatoms. The summed E-state index contributed by atoms with van der Waals surface area (Å²) in [5.74, 6) is 4.28. The van der Waals surface area contributed by atoms with Gasteiger partial charge in [0.15, 0.2) is 42.3 Å². The van der Waals surface area contributed by atoms with E-state index in [1.54, 1.807) is 80.2 Å². The maximum atomic E-state index is 13.6. The topological polar surface area (TPSA) is 417 Å². The van der Waals surface area contributed by atoms with Crippen LogP contribution in [0.1, 0.15) is 146 Å². The number of nitrogens with one attached hydrogen (secondary N) is 8. The molecule has 12 aromatic heterocycles. The van der Waals surface area contributed by atoms with E-state index in [9.17, 15) is 33.7 Å². The van der Waals surface area contributed by atoms with Crippen molar-refractivity contribution < 1.29 is 38.2 Å². The van der Waals surface area contributed by atoms with E-state index in [4.69, 9.17) is 9.97 Å². The summed E-state index contributed by atoms with van der Waals surface area (Å²) in [5, 5.41) is 30.2. The Bertz CT molecular complexity index is 6790. The molecule has 4 aliphatic heterocycles. The molecule has 4 aliphatic carbocycles. The van der Waals surface area contributed by atoms with E-state index in [1.807, 2.05) is 97.7 Å². The third kappa shape index (κ3) is 22.7. The number of aromatic nitrogens is 16. The highest BCUT2D eigenvalue weighted by molar-refractivity contribution is 7.92. The van der Waals surface area contributed by atoms with Crippen LogP contribution < -0.4 is 52.3 Å². The molecular formula is C91H114Cl4N27O8S4+. The summed E-state index contributed by atoms with van der Waals surface area (Å²) in [6.45, 7) is 14.0. The van der Waals surface area contributed by atoms with Crippen molar-refractivity contribution in [1.82, 2.24) is 99.3 Å². The molecule has 134 heavy (non-hydrogen) atoms. The van der Waals surface area contributed by atoms with Crippen LogP contribution in [-0.2, 0) is 39.3 Å². The molecule has 712 valence electrons. The van der Waals surface area contributed by atoms with Gasteiger partial charge in [-0.05, 0) is 154 Å². The summed E-state index contributed by atoms with van der Waals surface area (Å²) in [4.78, 5) is 59.5. The lowest BCUT2D eigenvalue weighted by molar-refractivity contribution is -0.438. The monoisotopic (exact) mass is 1980 g/mol. The van der Waals surface area contributed by atoms with E-state index in [0.29, 0.717) is 90.1 Å². The molecule has 0 bridgehead atoms. The van der Waals surface area contributed by atoms with Gasteiger partial charge in [0.05, 0.1) is 47.5 Å². The molecule has 0 amide bonds. The highest BCUT2D eigenvalue weighted by Gasteiger charge is 2.34. The van der Waals surface area contributed by atoms with E-state index in [0.717, 1.165) is 233 Å². The van der Waals surface area contributed by atoms with Gasteiger partial charge in [-0.25, -0.2) is 73.5 Å². The number of sulfone groups is 4. The molecule has 6 fully saturated rings. The van der Waals surface area contributed by atoms with Crippen molar-refractivity contribution in [3.8, 4) is 0 Å². The van der Waals surface area contributed by atoms with Crippen LogP contribution in [0.25, 0.3) is 49.7 Å². The minimum atomic E-state index is -3.71. The largest absolute Gasteiger partial charge is 0.368 e. The van der Waals surface area contributed by atoms with Gasteiger partial charge in [0.25, 0.3) is 0 Å². The van der Waals surface area contributed by atoms with Crippen LogP contribution in [0.5, 0.6) is 0 Å². The first-order valence-electron chi connectivity index (χ1n) is 45.1. The van der Waals surface area contributed by atoms with Gasteiger partial charge in [-0.3, -0.25) is 0 Å². The fourth-order valence-corrected chi connectivity index (χ4v) is 23.2. The predicted octanol–water partition coefficient (Wildman–Crippen LogP) is 14.4. The van der Waals surface area contributed by atoms with Crippen molar-refractivity contribution in [2.24, 2.45) is 0 Å². The zero-order valence-electron chi connectivity index (χ0n) is 74.8. The number of benzene rings is 1. The number of rotatable bonds is 22. The van der Waals surface area contributed by atoms with Crippen LogP contribution in [0.4, 0.5) is 64.1 Å². The van der Waals surface area contributed by atoms with E-state index in [1.165, 1.54) is 18.1 Å². The number of fused-ring (bicyclic) bond motifs is 4. The summed E-state index contributed by atoms with van der Waals surface area (Å²) < 4.78 is 112. The lowest BCUT2D eigenvalue weighted by Gasteiger charge is -2.29. The van der Waals surface area contributed by atoms with Crippen LogP contribution in [-0.4, -0.2) is 226 Å².